The number of carbonyl (C=O) groups excluding carboxylic acids is 1. The van der Waals surface area contributed by atoms with E-state index in [1.807, 2.05) is 32.9 Å². The molecule has 0 spiro atoms. The Hall–Kier alpha value is -3.23. The maximum Gasteiger partial charge on any atom is 0.414 e. The van der Waals surface area contributed by atoms with Crippen LogP contribution in [0.25, 0.3) is 0 Å². The van der Waals surface area contributed by atoms with Crippen LogP contribution in [0.2, 0.25) is 0 Å². The van der Waals surface area contributed by atoms with E-state index < -0.39 is 16.6 Å². The molecule has 0 aliphatic carbocycles. The average molecular weight is 386 g/mol. The first kappa shape index (κ1) is 19.5. The van der Waals surface area contributed by atoms with Crippen LogP contribution in [0.3, 0.4) is 0 Å². The van der Waals surface area contributed by atoms with Gasteiger partial charge in [-0.1, -0.05) is 12.1 Å². The fourth-order valence-electron chi connectivity index (χ4n) is 2.69. The highest BCUT2D eigenvalue weighted by Gasteiger charge is 2.24. The first-order chi connectivity index (χ1) is 13.2. The molecule has 148 valence electrons. The summed E-state index contributed by atoms with van der Waals surface area (Å²) >= 11 is 0. The fourth-order valence-corrected chi connectivity index (χ4v) is 2.69. The minimum Gasteiger partial charge on any atom is -0.456 e. The zero-order chi connectivity index (χ0) is 20.3. The van der Waals surface area contributed by atoms with Crippen molar-refractivity contribution >= 4 is 18.0 Å². The SMILES string of the molecule is CC(C)(C)OC(=O)c1ccc(CC2C=NCCn3cc([N+](=O)[O-])nc3O2)cc1. The molecule has 0 fully saturated rings. The van der Waals surface area contributed by atoms with E-state index in [0.29, 0.717) is 25.1 Å². The van der Waals surface area contributed by atoms with Crippen molar-refractivity contribution in [1.82, 2.24) is 9.55 Å². The van der Waals surface area contributed by atoms with Gasteiger partial charge in [-0.3, -0.25) is 9.56 Å². The van der Waals surface area contributed by atoms with E-state index >= 15 is 0 Å². The van der Waals surface area contributed by atoms with Crippen molar-refractivity contribution in [2.45, 2.75) is 45.4 Å². The number of hydrogen-bond donors (Lipinski definition) is 0. The zero-order valence-electron chi connectivity index (χ0n) is 16.0. The fraction of sp³-hybridized carbons (Fsp3) is 0.421. The van der Waals surface area contributed by atoms with Crippen LogP contribution in [0.15, 0.2) is 35.5 Å². The summed E-state index contributed by atoms with van der Waals surface area (Å²) in [6.07, 6.45) is 3.10. The van der Waals surface area contributed by atoms with Crippen molar-refractivity contribution in [2.24, 2.45) is 4.99 Å². The third-order valence-corrected chi connectivity index (χ3v) is 3.94. The zero-order valence-corrected chi connectivity index (χ0v) is 16.0. The molecule has 0 saturated carbocycles. The summed E-state index contributed by atoms with van der Waals surface area (Å²) in [7, 11) is 0. The molecule has 28 heavy (non-hydrogen) atoms. The van der Waals surface area contributed by atoms with Crippen molar-refractivity contribution in [3.63, 3.8) is 0 Å². The molecule has 1 unspecified atom stereocenters. The Kier molecular flexibility index (Phi) is 5.43. The Labute approximate surface area is 162 Å². The molecular weight excluding hydrogens is 364 g/mol. The molecule has 0 bridgehead atoms. The van der Waals surface area contributed by atoms with E-state index in [9.17, 15) is 14.9 Å². The second-order valence-electron chi connectivity index (χ2n) is 7.45. The summed E-state index contributed by atoms with van der Waals surface area (Å²) in [5.74, 6) is -0.630. The molecule has 2 aromatic rings. The number of esters is 1. The van der Waals surface area contributed by atoms with Gasteiger partial charge in [0.15, 0.2) is 0 Å². The molecule has 0 saturated heterocycles. The highest BCUT2D eigenvalue weighted by Crippen LogP contribution is 2.21. The standard InChI is InChI=1S/C19H22N4O5/c1-19(2,3)28-17(24)14-6-4-13(5-7-14)10-15-11-20-8-9-22-12-16(23(25)26)21-18(22)27-15/h4-7,11-12,15H,8-10H2,1-3H3. The summed E-state index contributed by atoms with van der Waals surface area (Å²) in [6, 6.07) is 7.26. The van der Waals surface area contributed by atoms with Gasteiger partial charge in [0.05, 0.1) is 12.1 Å². The molecule has 9 heteroatoms. The molecule has 1 aromatic heterocycles. The predicted molar refractivity (Wildman–Crippen MR) is 102 cm³/mol. The van der Waals surface area contributed by atoms with Gasteiger partial charge in [-0.2, -0.15) is 0 Å². The van der Waals surface area contributed by atoms with Crippen molar-refractivity contribution in [2.75, 3.05) is 6.54 Å². The van der Waals surface area contributed by atoms with E-state index in [1.54, 1.807) is 22.9 Å². The molecule has 1 atom stereocenters. The van der Waals surface area contributed by atoms with Crippen LogP contribution < -0.4 is 4.74 Å². The molecule has 1 aliphatic heterocycles. The minimum atomic E-state index is -0.552. The van der Waals surface area contributed by atoms with Gasteiger partial charge in [0.2, 0.25) is 0 Å². The van der Waals surface area contributed by atoms with Crippen LogP contribution in [0, 0.1) is 10.1 Å². The van der Waals surface area contributed by atoms with E-state index in [-0.39, 0.29) is 17.8 Å². The van der Waals surface area contributed by atoms with Gasteiger partial charge in [-0.25, -0.2) is 4.79 Å². The lowest BCUT2D eigenvalue weighted by Gasteiger charge is -2.19. The number of fused-ring (bicyclic) bond motifs is 1. The third-order valence-electron chi connectivity index (χ3n) is 3.94. The number of ether oxygens (including phenoxy) is 2. The van der Waals surface area contributed by atoms with Crippen LogP contribution in [-0.2, 0) is 17.7 Å². The Bertz CT molecular complexity index is 896. The van der Waals surface area contributed by atoms with E-state index in [0.717, 1.165) is 5.56 Å². The Morgan fingerprint density at radius 1 is 1.36 bits per heavy atom. The van der Waals surface area contributed by atoms with Gasteiger partial charge in [-0.05, 0) is 43.4 Å². The summed E-state index contributed by atoms with van der Waals surface area (Å²) < 4.78 is 12.8. The number of nitro groups is 1. The van der Waals surface area contributed by atoms with Gasteiger partial charge >= 0.3 is 17.8 Å². The second kappa shape index (κ2) is 7.79. The molecule has 0 amide bonds. The van der Waals surface area contributed by atoms with E-state index in [2.05, 4.69) is 9.98 Å². The van der Waals surface area contributed by atoms with Crippen molar-refractivity contribution in [3.8, 4) is 6.01 Å². The maximum absolute atomic E-state index is 12.1. The van der Waals surface area contributed by atoms with Gasteiger partial charge in [0.25, 0.3) is 0 Å². The molecular formula is C19H22N4O5. The summed E-state index contributed by atoms with van der Waals surface area (Å²) in [5.41, 5.74) is 0.845. The number of rotatable bonds is 4. The highest BCUT2D eigenvalue weighted by atomic mass is 16.6. The lowest BCUT2D eigenvalue weighted by atomic mass is 10.1. The van der Waals surface area contributed by atoms with Crippen molar-refractivity contribution in [3.05, 3.63) is 51.7 Å². The third kappa shape index (κ3) is 4.93. The second-order valence-corrected chi connectivity index (χ2v) is 7.45. The lowest BCUT2D eigenvalue weighted by molar-refractivity contribution is -0.389. The number of carbonyl (C=O) groups is 1. The highest BCUT2D eigenvalue weighted by molar-refractivity contribution is 5.89. The van der Waals surface area contributed by atoms with Crippen LogP contribution in [-0.4, -0.2) is 44.9 Å². The van der Waals surface area contributed by atoms with Gasteiger partial charge in [-0.15, -0.1) is 0 Å². The summed E-state index contributed by atoms with van der Waals surface area (Å²) in [4.78, 5) is 30.7. The van der Waals surface area contributed by atoms with Crippen molar-refractivity contribution < 1.29 is 19.2 Å². The Morgan fingerprint density at radius 3 is 2.71 bits per heavy atom. The van der Waals surface area contributed by atoms with Crippen LogP contribution in [0.1, 0.15) is 36.7 Å². The lowest BCUT2D eigenvalue weighted by Crippen LogP contribution is -2.25. The van der Waals surface area contributed by atoms with E-state index in [1.165, 1.54) is 6.20 Å². The molecule has 1 aliphatic rings. The molecule has 0 N–H and O–H groups in total. The molecule has 3 rings (SSSR count). The monoisotopic (exact) mass is 386 g/mol. The average Bonchev–Trinajstić information content (AvgIpc) is 2.98. The minimum absolute atomic E-state index is 0.202. The van der Waals surface area contributed by atoms with Gasteiger partial charge in [0.1, 0.15) is 17.9 Å². The number of hydrogen-bond acceptors (Lipinski definition) is 7. The van der Waals surface area contributed by atoms with Crippen LogP contribution >= 0.6 is 0 Å². The maximum atomic E-state index is 12.1. The number of nitrogens with zero attached hydrogens (tertiary/aromatic N) is 4. The first-order valence-electron chi connectivity index (χ1n) is 8.92. The number of aliphatic imine (C=N–C) groups is 1. The number of imidazole rings is 1. The van der Waals surface area contributed by atoms with Gasteiger partial charge < -0.3 is 19.6 Å². The summed E-state index contributed by atoms with van der Waals surface area (Å²) in [6.45, 7) is 6.40. The number of aromatic nitrogens is 2. The topological polar surface area (TPSA) is 109 Å². The molecule has 9 nitrogen and oxygen atoms in total. The normalized spacial score (nSPS) is 16.5. The van der Waals surface area contributed by atoms with Gasteiger partial charge in [0, 0.05) is 24.2 Å². The van der Waals surface area contributed by atoms with Crippen molar-refractivity contribution in [1.29, 1.82) is 0 Å². The Balaban J connectivity index is 1.70. The first-order valence-corrected chi connectivity index (χ1v) is 8.92. The number of benzene rings is 1. The predicted octanol–water partition coefficient (Wildman–Crippen LogP) is 2.82. The quantitative estimate of drug-likeness (QED) is 0.454. The smallest absolute Gasteiger partial charge is 0.414 e. The van der Waals surface area contributed by atoms with Crippen LogP contribution in [0.4, 0.5) is 5.82 Å². The van der Waals surface area contributed by atoms with Crippen LogP contribution in [0.5, 0.6) is 6.01 Å². The van der Waals surface area contributed by atoms with E-state index in [4.69, 9.17) is 9.47 Å². The molecule has 2 heterocycles. The Morgan fingerprint density at radius 2 is 2.07 bits per heavy atom. The largest absolute Gasteiger partial charge is 0.456 e. The summed E-state index contributed by atoms with van der Waals surface area (Å²) in [5, 5.41) is 10.9. The molecule has 0 radical (unpaired) electrons. The molecule has 1 aromatic carbocycles.